The minimum atomic E-state index is -0.312. The fraction of sp³-hybridized carbons (Fsp3) is 0.500. The van der Waals surface area contributed by atoms with E-state index in [0.29, 0.717) is 17.3 Å². The maximum Gasteiger partial charge on any atom is 0.161 e. The third kappa shape index (κ3) is 2.76. The van der Waals surface area contributed by atoms with Crippen molar-refractivity contribution in [1.29, 1.82) is 5.41 Å². The molecule has 1 unspecified atom stereocenters. The summed E-state index contributed by atoms with van der Waals surface area (Å²) >= 11 is 3.22. The molecule has 0 aromatic heterocycles. The molecule has 1 aromatic carbocycles. The van der Waals surface area contributed by atoms with E-state index in [1.807, 2.05) is 0 Å². The minimum Gasteiger partial charge on any atom is -0.384 e. The average molecular weight is 328 g/mol. The van der Waals surface area contributed by atoms with Crippen molar-refractivity contribution in [3.63, 3.8) is 0 Å². The molecule has 3 N–H and O–H groups in total. The van der Waals surface area contributed by atoms with E-state index in [9.17, 15) is 4.39 Å². The van der Waals surface area contributed by atoms with Gasteiger partial charge in [-0.25, -0.2) is 4.39 Å². The molecule has 1 aliphatic heterocycles. The highest BCUT2D eigenvalue weighted by atomic mass is 79.9. The number of anilines is 1. The lowest BCUT2D eigenvalue weighted by molar-refractivity contribution is 0.443. The summed E-state index contributed by atoms with van der Waals surface area (Å²) in [4.78, 5) is 2.15. The Bertz CT molecular complexity index is 490. The number of nitrogens with two attached hydrogens (primary N) is 1. The standard InChI is InChI=1S/C14H19BrFN3/c1-2-9-5-3-4-8-19(9)11-7-6-10(14(17)18)12(15)13(11)16/h6-7,9H,2-5,8H2,1H3,(H3,17,18). The second-order valence-electron chi connectivity index (χ2n) is 4.93. The van der Waals surface area contributed by atoms with Crippen LogP contribution in [-0.2, 0) is 0 Å². The molecule has 1 atom stereocenters. The molecule has 5 heteroatoms. The lowest BCUT2D eigenvalue weighted by atomic mass is 9.98. The van der Waals surface area contributed by atoms with Gasteiger partial charge in [0.25, 0.3) is 0 Å². The van der Waals surface area contributed by atoms with Crippen molar-refractivity contribution in [2.24, 2.45) is 5.73 Å². The fourth-order valence-corrected chi connectivity index (χ4v) is 3.26. The van der Waals surface area contributed by atoms with Gasteiger partial charge in [-0.3, -0.25) is 5.41 Å². The monoisotopic (exact) mass is 327 g/mol. The third-order valence-corrected chi connectivity index (χ3v) is 4.54. The first-order chi connectivity index (χ1) is 9.06. The SMILES string of the molecule is CCC1CCCCN1c1ccc(C(=N)N)c(Br)c1F. The molecule has 0 amide bonds. The molecule has 104 valence electrons. The van der Waals surface area contributed by atoms with Crippen LogP contribution in [0.25, 0.3) is 0 Å². The maximum atomic E-state index is 14.5. The third-order valence-electron chi connectivity index (χ3n) is 3.76. The van der Waals surface area contributed by atoms with Crippen molar-refractivity contribution in [3.8, 4) is 0 Å². The summed E-state index contributed by atoms with van der Waals surface area (Å²) < 4.78 is 14.8. The van der Waals surface area contributed by atoms with Crippen molar-refractivity contribution in [3.05, 3.63) is 28.0 Å². The Morgan fingerprint density at radius 3 is 2.89 bits per heavy atom. The zero-order valence-electron chi connectivity index (χ0n) is 11.0. The van der Waals surface area contributed by atoms with E-state index >= 15 is 0 Å². The van der Waals surface area contributed by atoms with Gasteiger partial charge in [-0.05, 0) is 53.7 Å². The van der Waals surface area contributed by atoms with Crippen LogP contribution in [0, 0.1) is 11.2 Å². The van der Waals surface area contributed by atoms with Crippen LogP contribution in [0.4, 0.5) is 10.1 Å². The molecule has 1 fully saturated rings. The smallest absolute Gasteiger partial charge is 0.161 e. The number of halogens is 2. The quantitative estimate of drug-likeness (QED) is 0.657. The predicted octanol–water partition coefficient (Wildman–Crippen LogP) is 3.64. The van der Waals surface area contributed by atoms with Crippen LogP contribution in [0.1, 0.15) is 38.2 Å². The highest BCUT2D eigenvalue weighted by Crippen LogP contribution is 2.33. The molecule has 1 aliphatic rings. The van der Waals surface area contributed by atoms with E-state index in [1.165, 1.54) is 6.42 Å². The van der Waals surface area contributed by atoms with Gasteiger partial charge in [0.05, 0.1) is 10.2 Å². The molecule has 0 aliphatic carbocycles. The molecule has 0 bridgehead atoms. The largest absolute Gasteiger partial charge is 0.384 e. The number of nitrogen functional groups attached to an aromatic ring is 1. The maximum absolute atomic E-state index is 14.5. The molecule has 0 spiro atoms. The summed E-state index contributed by atoms with van der Waals surface area (Å²) in [6.45, 7) is 3.03. The highest BCUT2D eigenvalue weighted by molar-refractivity contribution is 9.10. The van der Waals surface area contributed by atoms with Crippen LogP contribution >= 0.6 is 15.9 Å². The van der Waals surface area contributed by atoms with Gasteiger partial charge >= 0.3 is 0 Å². The summed E-state index contributed by atoms with van der Waals surface area (Å²) in [6, 6.07) is 3.86. The molecule has 3 nitrogen and oxygen atoms in total. The van der Waals surface area contributed by atoms with E-state index in [0.717, 1.165) is 25.8 Å². The minimum absolute atomic E-state index is 0.122. The van der Waals surface area contributed by atoms with Crippen molar-refractivity contribution in [2.45, 2.75) is 38.6 Å². The number of benzene rings is 1. The van der Waals surface area contributed by atoms with Crippen LogP contribution in [0.2, 0.25) is 0 Å². The van der Waals surface area contributed by atoms with Gasteiger partial charge in [-0.15, -0.1) is 0 Å². The van der Waals surface area contributed by atoms with E-state index in [1.54, 1.807) is 12.1 Å². The number of amidine groups is 1. The fourth-order valence-electron chi connectivity index (χ4n) is 2.71. The Hall–Kier alpha value is -1.10. The van der Waals surface area contributed by atoms with Crippen LogP contribution in [-0.4, -0.2) is 18.4 Å². The number of hydrogen-bond acceptors (Lipinski definition) is 2. The second-order valence-corrected chi connectivity index (χ2v) is 5.72. The van der Waals surface area contributed by atoms with Gasteiger partial charge in [-0.1, -0.05) is 6.92 Å². The number of rotatable bonds is 3. The topological polar surface area (TPSA) is 53.1 Å². The van der Waals surface area contributed by atoms with Gasteiger partial charge < -0.3 is 10.6 Å². The van der Waals surface area contributed by atoms with E-state index in [4.69, 9.17) is 11.1 Å². The van der Waals surface area contributed by atoms with Crippen molar-refractivity contribution in [2.75, 3.05) is 11.4 Å². The van der Waals surface area contributed by atoms with Gasteiger partial charge in [0.2, 0.25) is 0 Å². The zero-order valence-corrected chi connectivity index (χ0v) is 12.6. The summed E-state index contributed by atoms with van der Waals surface area (Å²) in [6.07, 6.45) is 4.44. The summed E-state index contributed by atoms with van der Waals surface area (Å²) in [7, 11) is 0. The Morgan fingerprint density at radius 2 is 2.26 bits per heavy atom. The Kier molecular flexibility index (Phi) is 4.45. The number of piperidine rings is 1. The van der Waals surface area contributed by atoms with Crippen LogP contribution in [0.15, 0.2) is 16.6 Å². The van der Waals surface area contributed by atoms with Crippen LogP contribution in [0.3, 0.4) is 0 Å². The van der Waals surface area contributed by atoms with E-state index in [-0.39, 0.29) is 16.1 Å². The molecule has 0 radical (unpaired) electrons. The lowest BCUT2D eigenvalue weighted by Gasteiger charge is -2.37. The molecular weight excluding hydrogens is 309 g/mol. The van der Waals surface area contributed by atoms with Gasteiger partial charge in [-0.2, -0.15) is 0 Å². The van der Waals surface area contributed by atoms with Gasteiger partial charge in [0.15, 0.2) is 5.82 Å². The van der Waals surface area contributed by atoms with Gasteiger partial charge in [0.1, 0.15) is 5.84 Å². The number of nitrogens with one attached hydrogen (secondary N) is 1. The van der Waals surface area contributed by atoms with Crippen LogP contribution < -0.4 is 10.6 Å². The predicted molar refractivity (Wildman–Crippen MR) is 80.4 cm³/mol. The Labute approximate surface area is 121 Å². The number of nitrogens with zero attached hydrogens (tertiary/aromatic N) is 1. The first-order valence-corrected chi connectivity index (χ1v) is 7.44. The van der Waals surface area contributed by atoms with Crippen molar-refractivity contribution >= 4 is 27.5 Å². The van der Waals surface area contributed by atoms with Crippen molar-refractivity contribution < 1.29 is 4.39 Å². The van der Waals surface area contributed by atoms with E-state index < -0.39 is 0 Å². The molecule has 1 aromatic rings. The molecular formula is C14H19BrFN3. The normalized spacial score (nSPS) is 19.5. The van der Waals surface area contributed by atoms with Crippen LogP contribution in [0.5, 0.6) is 0 Å². The molecule has 1 heterocycles. The van der Waals surface area contributed by atoms with Gasteiger partial charge in [0, 0.05) is 18.2 Å². The first-order valence-electron chi connectivity index (χ1n) is 6.65. The average Bonchev–Trinajstić information content (AvgIpc) is 2.41. The Balaban J connectivity index is 2.39. The first kappa shape index (κ1) is 14.3. The molecule has 2 rings (SSSR count). The summed E-state index contributed by atoms with van der Waals surface area (Å²) in [5, 5.41) is 7.43. The second kappa shape index (κ2) is 5.90. The van der Waals surface area contributed by atoms with Crippen molar-refractivity contribution in [1.82, 2.24) is 0 Å². The molecule has 1 saturated heterocycles. The summed E-state index contributed by atoms with van der Waals surface area (Å²) in [5.41, 5.74) is 6.46. The number of hydrogen-bond donors (Lipinski definition) is 2. The summed E-state index contributed by atoms with van der Waals surface area (Å²) in [5.74, 6) is -0.434. The lowest BCUT2D eigenvalue weighted by Crippen LogP contribution is -2.39. The molecule has 0 saturated carbocycles. The zero-order chi connectivity index (χ0) is 14.0. The Morgan fingerprint density at radius 1 is 1.53 bits per heavy atom. The highest BCUT2D eigenvalue weighted by Gasteiger charge is 2.25. The van der Waals surface area contributed by atoms with E-state index in [2.05, 4.69) is 27.8 Å². The molecule has 19 heavy (non-hydrogen) atoms.